The molecular formula is C8H4NO3S. The highest BCUT2D eigenvalue weighted by Crippen LogP contribution is 2.09. The molecule has 0 spiro atoms. The lowest BCUT2D eigenvalue weighted by Gasteiger charge is -1.92. The fraction of sp³-hybridized carbons (Fsp3) is 0. The van der Waals surface area contributed by atoms with E-state index in [-0.39, 0.29) is 10.3 Å². The van der Waals surface area contributed by atoms with Crippen LogP contribution in [0.1, 0.15) is 0 Å². The fourth-order valence-corrected chi connectivity index (χ4v) is 1.74. The second-order valence-electron chi connectivity index (χ2n) is 2.45. The quantitative estimate of drug-likeness (QED) is 0.581. The number of aromatic amines is 1. The number of aromatic hydroxyl groups is 1. The highest BCUT2D eigenvalue weighted by molar-refractivity contribution is 7.03. The molecule has 0 atom stereocenters. The molecule has 1 heterocycles. The molecule has 2 rings (SSSR count). The zero-order valence-electron chi connectivity index (χ0n) is 6.33. The first-order valence-corrected chi connectivity index (χ1v) is 4.27. The number of aromatic nitrogens is 1. The molecule has 1 radical (unpaired) electrons. The normalized spacial score (nSPS) is 10.5. The minimum atomic E-state index is -0.594. The van der Waals surface area contributed by atoms with E-state index in [1.54, 1.807) is 0 Å². The monoisotopic (exact) mass is 194 g/mol. The lowest BCUT2D eigenvalue weighted by atomic mass is 10.3. The van der Waals surface area contributed by atoms with Gasteiger partial charge in [0.2, 0.25) is 10.9 Å². The Morgan fingerprint density at radius 1 is 1.38 bits per heavy atom. The van der Waals surface area contributed by atoms with Crippen LogP contribution in [-0.2, 0) is 0 Å². The van der Waals surface area contributed by atoms with Crippen molar-refractivity contribution in [2.75, 3.05) is 0 Å². The van der Waals surface area contributed by atoms with Crippen LogP contribution in [0, 0.1) is 15.9 Å². The van der Waals surface area contributed by atoms with Gasteiger partial charge in [-0.3, -0.25) is 9.59 Å². The number of hydrogen-bond donors (Lipinski definition) is 2. The van der Waals surface area contributed by atoms with Crippen molar-refractivity contribution >= 4 is 11.5 Å². The second kappa shape index (κ2) is 2.70. The van der Waals surface area contributed by atoms with Crippen molar-refractivity contribution in [2.24, 2.45) is 0 Å². The fourth-order valence-electron chi connectivity index (χ4n) is 1.02. The molecule has 0 aromatic carbocycles. The first kappa shape index (κ1) is 8.00. The standard InChI is InChI=1S/C8H4NO3S/c10-5-2-1-4-6(11)3-9-13-8(4)7(5)12/h1-2,9,11H. The predicted molar refractivity (Wildman–Crippen MR) is 47.0 cm³/mol. The molecule has 5 heteroatoms. The second-order valence-corrected chi connectivity index (χ2v) is 3.26. The number of rotatable bonds is 0. The third-order valence-electron chi connectivity index (χ3n) is 1.65. The zero-order chi connectivity index (χ0) is 9.42. The maximum atomic E-state index is 11.2. The topological polar surface area (TPSA) is 70.2 Å². The molecule has 0 amide bonds. The molecule has 4 nitrogen and oxygen atoms in total. The van der Waals surface area contributed by atoms with Gasteiger partial charge in [-0.25, -0.2) is 0 Å². The molecule has 1 aliphatic carbocycles. The van der Waals surface area contributed by atoms with Gasteiger partial charge in [-0.1, -0.05) is 11.5 Å². The van der Waals surface area contributed by atoms with Crippen LogP contribution in [0.15, 0.2) is 21.7 Å². The molecule has 65 valence electrons. The van der Waals surface area contributed by atoms with Crippen molar-refractivity contribution in [3.8, 4) is 5.75 Å². The minimum absolute atomic E-state index is 0.147. The van der Waals surface area contributed by atoms with Gasteiger partial charge in [0.15, 0.2) is 5.75 Å². The molecule has 0 saturated heterocycles. The van der Waals surface area contributed by atoms with Crippen LogP contribution in [0.2, 0.25) is 0 Å². The van der Waals surface area contributed by atoms with Gasteiger partial charge in [0.25, 0.3) is 0 Å². The van der Waals surface area contributed by atoms with E-state index in [4.69, 9.17) is 0 Å². The highest BCUT2D eigenvalue weighted by atomic mass is 32.1. The minimum Gasteiger partial charge on any atom is -0.505 e. The van der Waals surface area contributed by atoms with Crippen LogP contribution < -0.4 is 10.9 Å². The Balaban J connectivity index is 3.26. The Morgan fingerprint density at radius 3 is 2.92 bits per heavy atom. The molecule has 1 aliphatic heterocycles. The summed E-state index contributed by atoms with van der Waals surface area (Å²) in [7, 11) is 0. The van der Waals surface area contributed by atoms with E-state index in [2.05, 4.69) is 10.6 Å². The summed E-state index contributed by atoms with van der Waals surface area (Å²) in [5.74, 6) is -0.147. The summed E-state index contributed by atoms with van der Waals surface area (Å²) in [6.07, 6.45) is 2.43. The summed E-state index contributed by atoms with van der Waals surface area (Å²) in [5.41, 5.74) is -1.16. The molecule has 0 aromatic rings. The Labute approximate surface area is 75.9 Å². The van der Waals surface area contributed by atoms with Crippen LogP contribution in [0.5, 0.6) is 5.75 Å². The number of nitrogens with one attached hydrogen (secondary N) is 1. The lowest BCUT2D eigenvalue weighted by Crippen LogP contribution is -2.22. The average Bonchev–Trinajstić information content (AvgIpc) is 2.12. The third-order valence-corrected chi connectivity index (χ3v) is 2.47. The Bertz CT molecular complexity index is 613. The zero-order valence-corrected chi connectivity index (χ0v) is 7.14. The van der Waals surface area contributed by atoms with Crippen LogP contribution in [-0.4, -0.2) is 9.48 Å². The van der Waals surface area contributed by atoms with E-state index in [0.717, 1.165) is 17.6 Å². The molecule has 0 saturated carbocycles. The maximum absolute atomic E-state index is 11.2. The first-order chi connectivity index (χ1) is 6.20. The Hall–Kier alpha value is -1.62. The van der Waals surface area contributed by atoms with Gasteiger partial charge in [0.05, 0.1) is 0 Å². The van der Waals surface area contributed by atoms with E-state index in [9.17, 15) is 14.7 Å². The van der Waals surface area contributed by atoms with E-state index in [1.165, 1.54) is 6.07 Å². The third kappa shape index (κ3) is 1.13. The van der Waals surface area contributed by atoms with Crippen LogP contribution in [0.4, 0.5) is 0 Å². The van der Waals surface area contributed by atoms with E-state index in [0.29, 0.717) is 5.22 Å². The van der Waals surface area contributed by atoms with Gasteiger partial charge in [-0.15, -0.1) is 0 Å². The van der Waals surface area contributed by atoms with Gasteiger partial charge in [-0.2, -0.15) is 0 Å². The molecule has 13 heavy (non-hydrogen) atoms. The average molecular weight is 194 g/mol. The first-order valence-electron chi connectivity index (χ1n) is 3.45. The summed E-state index contributed by atoms with van der Waals surface area (Å²) in [6, 6.07) is 2.56. The van der Waals surface area contributed by atoms with Crippen LogP contribution in [0.3, 0.4) is 0 Å². The summed E-state index contributed by atoms with van der Waals surface area (Å²) < 4.78 is 2.73. The molecule has 2 N–H and O–H groups in total. The lowest BCUT2D eigenvalue weighted by molar-refractivity contribution is 0.468. The van der Waals surface area contributed by atoms with Gasteiger partial charge in [-0.05, 0) is 12.1 Å². The summed E-state index contributed by atoms with van der Waals surface area (Å²) >= 11 is 0.979. The molecule has 2 aliphatic rings. The van der Waals surface area contributed by atoms with Crippen molar-refractivity contribution in [3.05, 3.63) is 48.5 Å². The number of H-pyrrole nitrogens is 1. The van der Waals surface area contributed by atoms with Gasteiger partial charge >= 0.3 is 0 Å². The molecule has 0 aromatic heterocycles. The van der Waals surface area contributed by atoms with Crippen molar-refractivity contribution in [1.29, 1.82) is 0 Å². The van der Waals surface area contributed by atoms with Crippen molar-refractivity contribution in [2.45, 2.75) is 0 Å². The molecule has 0 unspecified atom stereocenters. The summed E-state index contributed by atoms with van der Waals surface area (Å²) in [6.45, 7) is 0. The smallest absolute Gasteiger partial charge is 0.245 e. The Kier molecular flexibility index (Phi) is 1.66. The van der Waals surface area contributed by atoms with Crippen molar-refractivity contribution < 1.29 is 5.11 Å². The SMILES string of the molecule is O=c1ccc2c(O)[c][nH]sc=2c1=O. The van der Waals surface area contributed by atoms with E-state index >= 15 is 0 Å². The van der Waals surface area contributed by atoms with E-state index < -0.39 is 10.9 Å². The molecule has 0 fully saturated rings. The van der Waals surface area contributed by atoms with Crippen LogP contribution >= 0.6 is 11.5 Å². The molecular weight excluding hydrogens is 190 g/mol. The molecule has 0 bridgehead atoms. The van der Waals surface area contributed by atoms with Gasteiger partial charge in [0.1, 0.15) is 10.7 Å². The van der Waals surface area contributed by atoms with Gasteiger partial charge < -0.3 is 9.48 Å². The van der Waals surface area contributed by atoms with Gasteiger partial charge in [0, 0.05) is 5.22 Å². The van der Waals surface area contributed by atoms with Crippen molar-refractivity contribution in [3.63, 3.8) is 0 Å². The predicted octanol–water partition coefficient (Wildman–Crippen LogP) is 0.0272. The largest absolute Gasteiger partial charge is 0.505 e. The summed E-state index contributed by atoms with van der Waals surface area (Å²) in [4.78, 5) is 22.2. The van der Waals surface area contributed by atoms with E-state index in [1.807, 2.05) is 0 Å². The Morgan fingerprint density at radius 2 is 2.15 bits per heavy atom. The maximum Gasteiger partial charge on any atom is 0.245 e. The summed E-state index contributed by atoms with van der Waals surface area (Å²) in [5, 5.41) is 9.62. The number of hydrogen-bond acceptors (Lipinski definition) is 4. The van der Waals surface area contributed by atoms with Crippen LogP contribution in [0.25, 0.3) is 0 Å². The van der Waals surface area contributed by atoms with Crippen molar-refractivity contribution in [1.82, 2.24) is 4.37 Å². The highest BCUT2D eigenvalue weighted by Gasteiger charge is 2.01.